The molecule has 0 fully saturated rings. The van der Waals surface area contributed by atoms with Crippen LogP contribution in [0.25, 0.3) is 0 Å². The minimum Gasteiger partial charge on any atom is -0.465 e. The molecule has 0 aliphatic heterocycles. The topological polar surface area (TPSA) is 50.1 Å². The lowest BCUT2D eigenvalue weighted by Crippen LogP contribution is -2.39. The van der Waals surface area contributed by atoms with Crippen molar-refractivity contribution < 1.29 is 9.53 Å². The van der Waals surface area contributed by atoms with Crippen LogP contribution in [-0.4, -0.2) is 12.6 Å². The van der Waals surface area contributed by atoms with Crippen molar-refractivity contribution in [2.75, 3.05) is 6.61 Å². The maximum absolute atomic E-state index is 12.5. The predicted octanol–water partition coefficient (Wildman–Crippen LogP) is 4.28. The van der Waals surface area contributed by atoms with Gasteiger partial charge in [-0.2, -0.15) is 5.26 Å². The van der Waals surface area contributed by atoms with E-state index in [1.807, 2.05) is 30.3 Å². The molecule has 122 valence electrons. The molecule has 0 saturated heterocycles. The molecule has 24 heavy (non-hydrogen) atoms. The fraction of sp³-hybridized carbons (Fsp3) is 0.300. The molecule has 2 aromatic rings. The summed E-state index contributed by atoms with van der Waals surface area (Å²) in [6.45, 7) is 2.01. The first kappa shape index (κ1) is 16.5. The molecular formula is C20H18ClNO2. The molecule has 2 aromatic carbocycles. The van der Waals surface area contributed by atoms with Gasteiger partial charge in [0, 0.05) is 10.4 Å². The van der Waals surface area contributed by atoms with Gasteiger partial charge in [-0.1, -0.05) is 48.0 Å². The number of halogens is 1. The summed E-state index contributed by atoms with van der Waals surface area (Å²) in [6.07, 6.45) is 1.53. The summed E-state index contributed by atoms with van der Waals surface area (Å²) in [5.74, 6) is -1.35. The van der Waals surface area contributed by atoms with Crippen LogP contribution >= 0.6 is 11.6 Å². The van der Waals surface area contributed by atoms with E-state index in [1.165, 1.54) is 5.56 Å². The Morgan fingerprint density at radius 3 is 2.67 bits per heavy atom. The Labute approximate surface area is 146 Å². The number of hydrogen-bond acceptors (Lipinski definition) is 3. The number of fused-ring (bicyclic) bond motifs is 1. The Morgan fingerprint density at radius 2 is 2.00 bits per heavy atom. The normalized spacial score (nSPS) is 20.0. The van der Waals surface area contributed by atoms with Gasteiger partial charge in [-0.3, -0.25) is 4.79 Å². The van der Waals surface area contributed by atoms with Crippen molar-refractivity contribution in [3.05, 3.63) is 70.2 Å². The lowest BCUT2D eigenvalue weighted by atomic mass is 9.67. The van der Waals surface area contributed by atoms with Gasteiger partial charge in [0.05, 0.1) is 12.7 Å². The van der Waals surface area contributed by atoms with Crippen molar-refractivity contribution in [3.8, 4) is 6.07 Å². The monoisotopic (exact) mass is 339 g/mol. The summed E-state index contributed by atoms with van der Waals surface area (Å²) >= 11 is 6.03. The number of carbonyl (C=O) groups is 1. The SMILES string of the molecule is CCOC(=O)C(C#N)C1(c2ccc(Cl)cc2)CCc2ccccc21. The van der Waals surface area contributed by atoms with Gasteiger partial charge in [0.2, 0.25) is 0 Å². The second-order valence-corrected chi connectivity index (χ2v) is 6.39. The van der Waals surface area contributed by atoms with Gasteiger partial charge in [-0.15, -0.1) is 0 Å². The smallest absolute Gasteiger partial charge is 0.324 e. The third kappa shape index (κ3) is 2.57. The summed E-state index contributed by atoms with van der Waals surface area (Å²) in [5, 5.41) is 10.4. The van der Waals surface area contributed by atoms with Crippen molar-refractivity contribution in [3.63, 3.8) is 0 Å². The molecule has 0 spiro atoms. The number of aryl methyl sites for hydroxylation is 1. The van der Waals surface area contributed by atoms with Crippen LogP contribution in [0.5, 0.6) is 0 Å². The van der Waals surface area contributed by atoms with Crippen molar-refractivity contribution >= 4 is 17.6 Å². The zero-order valence-electron chi connectivity index (χ0n) is 13.5. The van der Waals surface area contributed by atoms with E-state index in [0.29, 0.717) is 11.4 Å². The fourth-order valence-electron chi connectivity index (χ4n) is 3.74. The first-order valence-electron chi connectivity index (χ1n) is 8.04. The Balaban J connectivity index is 2.21. The molecule has 2 unspecified atom stereocenters. The minimum atomic E-state index is -0.887. The maximum atomic E-state index is 12.5. The molecule has 0 aromatic heterocycles. The molecule has 3 nitrogen and oxygen atoms in total. The third-order valence-electron chi connectivity index (χ3n) is 4.79. The molecule has 0 bridgehead atoms. The maximum Gasteiger partial charge on any atom is 0.324 e. The molecule has 1 aliphatic carbocycles. The number of esters is 1. The Hall–Kier alpha value is -2.31. The van der Waals surface area contributed by atoms with Crippen LogP contribution in [0, 0.1) is 17.2 Å². The lowest BCUT2D eigenvalue weighted by Gasteiger charge is -2.34. The molecule has 4 heteroatoms. The number of ether oxygens (including phenoxy) is 1. The Morgan fingerprint density at radius 1 is 1.29 bits per heavy atom. The van der Waals surface area contributed by atoms with Crippen molar-refractivity contribution in [1.82, 2.24) is 0 Å². The van der Waals surface area contributed by atoms with Crippen LogP contribution in [-0.2, 0) is 21.4 Å². The van der Waals surface area contributed by atoms with Crippen LogP contribution in [0.4, 0.5) is 0 Å². The van der Waals surface area contributed by atoms with Gasteiger partial charge >= 0.3 is 5.97 Å². The minimum absolute atomic E-state index is 0.259. The van der Waals surface area contributed by atoms with Crippen molar-refractivity contribution in [1.29, 1.82) is 5.26 Å². The number of benzene rings is 2. The number of rotatable bonds is 4. The van der Waals surface area contributed by atoms with Crippen LogP contribution < -0.4 is 0 Å². The number of carbonyl (C=O) groups excluding carboxylic acids is 1. The molecule has 0 radical (unpaired) electrons. The van der Waals surface area contributed by atoms with Crippen LogP contribution in [0.3, 0.4) is 0 Å². The number of hydrogen-bond donors (Lipinski definition) is 0. The second-order valence-electron chi connectivity index (χ2n) is 5.95. The third-order valence-corrected chi connectivity index (χ3v) is 5.04. The first-order valence-corrected chi connectivity index (χ1v) is 8.42. The average Bonchev–Trinajstić information content (AvgIpc) is 2.97. The largest absolute Gasteiger partial charge is 0.465 e. The highest BCUT2D eigenvalue weighted by Gasteiger charge is 2.50. The van der Waals surface area contributed by atoms with Crippen LogP contribution in [0.15, 0.2) is 48.5 Å². The molecule has 0 saturated carbocycles. The highest BCUT2D eigenvalue weighted by molar-refractivity contribution is 6.30. The van der Waals surface area contributed by atoms with Crippen molar-refractivity contribution in [2.24, 2.45) is 5.92 Å². The summed E-state index contributed by atoms with van der Waals surface area (Å²) in [5.41, 5.74) is 2.45. The molecule has 0 amide bonds. The second kappa shape index (κ2) is 6.67. The number of nitriles is 1. The van der Waals surface area contributed by atoms with Gasteiger partial charge in [0.1, 0.15) is 0 Å². The van der Waals surface area contributed by atoms with Crippen molar-refractivity contribution in [2.45, 2.75) is 25.2 Å². The van der Waals surface area contributed by atoms with Crippen LogP contribution in [0.2, 0.25) is 5.02 Å². The van der Waals surface area contributed by atoms with E-state index in [9.17, 15) is 10.1 Å². The molecular weight excluding hydrogens is 322 g/mol. The Bertz CT molecular complexity index is 794. The van der Waals surface area contributed by atoms with E-state index >= 15 is 0 Å². The highest BCUT2D eigenvalue weighted by Crippen LogP contribution is 2.49. The van der Waals surface area contributed by atoms with Gasteiger partial charge in [-0.05, 0) is 48.6 Å². The predicted molar refractivity (Wildman–Crippen MR) is 92.7 cm³/mol. The van der Waals surface area contributed by atoms with Gasteiger partial charge in [-0.25, -0.2) is 0 Å². The van der Waals surface area contributed by atoms with Gasteiger partial charge in [0.15, 0.2) is 5.92 Å². The average molecular weight is 340 g/mol. The number of nitrogens with zero attached hydrogens (tertiary/aromatic N) is 1. The molecule has 0 N–H and O–H groups in total. The van der Waals surface area contributed by atoms with Gasteiger partial charge < -0.3 is 4.74 Å². The molecule has 2 atom stereocenters. The molecule has 3 rings (SSSR count). The highest BCUT2D eigenvalue weighted by atomic mass is 35.5. The summed E-state index contributed by atoms with van der Waals surface area (Å²) in [7, 11) is 0. The summed E-state index contributed by atoms with van der Waals surface area (Å²) in [4.78, 5) is 12.5. The zero-order valence-corrected chi connectivity index (χ0v) is 14.2. The van der Waals surface area contributed by atoms with E-state index in [0.717, 1.165) is 17.5 Å². The molecule has 0 heterocycles. The van der Waals surface area contributed by atoms with E-state index in [2.05, 4.69) is 12.1 Å². The fourth-order valence-corrected chi connectivity index (χ4v) is 3.87. The standard InChI is InChI=1S/C20H18ClNO2/c1-2-24-19(23)18(13-22)20(15-7-9-16(21)10-8-15)12-11-14-5-3-4-6-17(14)20/h3-10,18H,2,11-12H2,1H3. The van der Waals surface area contributed by atoms with E-state index in [1.54, 1.807) is 19.1 Å². The van der Waals surface area contributed by atoms with E-state index < -0.39 is 17.3 Å². The van der Waals surface area contributed by atoms with Gasteiger partial charge in [0.25, 0.3) is 0 Å². The summed E-state index contributed by atoms with van der Waals surface area (Å²) in [6, 6.07) is 17.7. The van der Waals surface area contributed by atoms with E-state index in [-0.39, 0.29) is 6.61 Å². The quantitative estimate of drug-likeness (QED) is 0.781. The van der Waals surface area contributed by atoms with E-state index in [4.69, 9.17) is 16.3 Å². The Kier molecular flexibility index (Phi) is 4.59. The summed E-state index contributed by atoms with van der Waals surface area (Å²) < 4.78 is 5.21. The van der Waals surface area contributed by atoms with Crippen LogP contribution in [0.1, 0.15) is 30.0 Å². The lowest BCUT2D eigenvalue weighted by molar-refractivity contribution is -0.147. The first-order chi connectivity index (χ1) is 11.6. The molecule has 1 aliphatic rings. The zero-order chi connectivity index (χ0) is 17.2.